The number of aromatic amines is 1. The molecule has 0 aliphatic carbocycles. The molecule has 154 valence electrons. The summed E-state index contributed by atoms with van der Waals surface area (Å²) in [6, 6.07) is 1.70. The molecular weight excluding hydrogens is 368 g/mol. The van der Waals surface area contributed by atoms with Gasteiger partial charge in [0.15, 0.2) is 0 Å². The van der Waals surface area contributed by atoms with Crippen LogP contribution in [0.1, 0.15) is 66.6 Å². The molecule has 2 amide bonds. The maximum absolute atomic E-state index is 12.5. The Bertz CT molecular complexity index is 900. The van der Waals surface area contributed by atoms with Gasteiger partial charge >= 0.3 is 0 Å². The van der Waals surface area contributed by atoms with Crippen LogP contribution in [-0.4, -0.2) is 56.5 Å². The van der Waals surface area contributed by atoms with E-state index in [4.69, 9.17) is 9.97 Å². The number of aryl methyl sites for hydroxylation is 1. The lowest BCUT2D eigenvalue weighted by molar-refractivity contribution is -0.119. The van der Waals surface area contributed by atoms with Gasteiger partial charge in [-0.25, -0.2) is 9.97 Å². The molecule has 0 radical (unpaired) electrons. The molecule has 1 N–H and O–H groups in total. The number of carbonyl (C=O) groups is 2. The van der Waals surface area contributed by atoms with Crippen LogP contribution in [-0.2, 0) is 11.2 Å². The van der Waals surface area contributed by atoms with Crippen molar-refractivity contribution >= 4 is 17.6 Å². The first-order valence-corrected chi connectivity index (χ1v) is 10.4. The third-order valence-electron chi connectivity index (χ3n) is 5.78. The number of nitrogens with one attached hydrogen (secondary N) is 1. The molecule has 0 aromatic carbocycles. The van der Waals surface area contributed by atoms with Crippen molar-refractivity contribution in [1.82, 2.24) is 25.1 Å². The van der Waals surface area contributed by atoms with Crippen molar-refractivity contribution in [2.75, 3.05) is 24.5 Å². The summed E-state index contributed by atoms with van der Waals surface area (Å²) in [5, 5.41) is 6.60. The van der Waals surface area contributed by atoms with Gasteiger partial charge in [0.05, 0.1) is 0 Å². The highest BCUT2D eigenvalue weighted by molar-refractivity contribution is 5.95. The Balaban J connectivity index is 1.53. The lowest BCUT2D eigenvalue weighted by Crippen LogP contribution is -2.40. The Kier molecular flexibility index (Phi) is 5.34. The van der Waals surface area contributed by atoms with Crippen molar-refractivity contribution in [3.8, 4) is 0 Å². The molecule has 1 fully saturated rings. The van der Waals surface area contributed by atoms with Gasteiger partial charge in [0.1, 0.15) is 17.3 Å². The van der Waals surface area contributed by atoms with Crippen LogP contribution in [0.2, 0.25) is 0 Å². The zero-order valence-corrected chi connectivity index (χ0v) is 17.3. The second-order valence-corrected chi connectivity index (χ2v) is 8.40. The Morgan fingerprint density at radius 2 is 2.00 bits per heavy atom. The summed E-state index contributed by atoms with van der Waals surface area (Å²) < 4.78 is 0. The molecule has 0 unspecified atom stereocenters. The largest absolute Gasteiger partial charge is 0.337 e. The SMILES string of the molecule is Cc1nc(C2CCN(C(=O)c3ccn[nH]3)CC2)nc2c1CCC(=O)N2CC(C)C. The highest BCUT2D eigenvalue weighted by Crippen LogP contribution is 2.33. The van der Waals surface area contributed by atoms with Crippen LogP contribution in [0.15, 0.2) is 12.3 Å². The van der Waals surface area contributed by atoms with Crippen molar-refractivity contribution in [2.24, 2.45) is 5.92 Å². The molecule has 2 aliphatic heterocycles. The first-order chi connectivity index (χ1) is 13.9. The maximum Gasteiger partial charge on any atom is 0.271 e. The van der Waals surface area contributed by atoms with Gasteiger partial charge in [-0.05, 0) is 38.2 Å². The number of hydrogen-bond acceptors (Lipinski definition) is 5. The van der Waals surface area contributed by atoms with Gasteiger partial charge in [0.2, 0.25) is 5.91 Å². The zero-order chi connectivity index (χ0) is 20.5. The molecule has 2 aromatic heterocycles. The summed E-state index contributed by atoms with van der Waals surface area (Å²) in [4.78, 5) is 38.4. The van der Waals surface area contributed by atoms with Crippen molar-refractivity contribution in [3.63, 3.8) is 0 Å². The third kappa shape index (κ3) is 3.88. The molecular formula is C21H28N6O2. The summed E-state index contributed by atoms with van der Waals surface area (Å²) >= 11 is 0. The summed E-state index contributed by atoms with van der Waals surface area (Å²) in [5.74, 6) is 2.31. The van der Waals surface area contributed by atoms with E-state index in [2.05, 4.69) is 24.0 Å². The molecule has 0 atom stereocenters. The summed E-state index contributed by atoms with van der Waals surface area (Å²) in [6.45, 7) is 8.25. The number of nitrogens with zero attached hydrogens (tertiary/aromatic N) is 5. The standard InChI is InChI=1S/C21H28N6O2/c1-13(2)12-27-18(28)5-4-16-14(3)23-19(24-20(16)27)15-7-10-26(11-8-15)21(29)17-6-9-22-25-17/h6,9,13,15H,4-5,7-8,10-12H2,1-3H3,(H,22,25). The van der Waals surface area contributed by atoms with Gasteiger partial charge in [0, 0.05) is 49.4 Å². The lowest BCUT2D eigenvalue weighted by atomic mass is 9.94. The zero-order valence-electron chi connectivity index (χ0n) is 17.3. The minimum absolute atomic E-state index is 0.0165. The number of hydrogen-bond donors (Lipinski definition) is 1. The lowest BCUT2D eigenvalue weighted by Gasteiger charge is -2.33. The van der Waals surface area contributed by atoms with Gasteiger partial charge in [-0.15, -0.1) is 0 Å². The van der Waals surface area contributed by atoms with E-state index in [0.29, 0.717) is 44.1 Å². The summed E-state index contributed by atoms with van der Waals surface area (Å²) in [5.41, 5.74) is 2.59. The van der Waals surface area contributed by atoms with Gasteiger partial charge in [0.25, 0.3) is 5.91 Å². The van der Waals surface area contributed by atoms with Crippen LogP contribution in [0.25, 0.3) is 0 Å². The molecule has 2 aromatic rings. The van der Waals surface area contributed by atoms with Crippen LogP contribution < -0.4 is 4.90 Å². The van der Waals surface area contributed by atoms with Gasteiger partial charge in [-0.1, -0.05) is 13.8 Å². The Labute approximate surface area is 170 Å². The Hall–Kier alpha value is -2.77. The van der Waals surface area contributed by atoms with E-state index in [0.717, 1.165) is 35.7 Å². The maximum atomic E-state index is 12.5. The molecule has 4 heterocycles. The normalized spacial score (nSPS) is 17.7. The van der Waals surface area contributed by atoms with Gasteiger partial charge in [-0.3, -0.25) is 19.6 Å². The van der Waals surface area contributed by atoms with Gasteiger partial charge in [-0.2, -0.15) is 5.10 Å². The molecule has 0 bridgehead atoms. The molecule has 2 aliphatic rings. The predicted octanol–water partition coefficient (Wildman–Crippen LogP) is 2.46. The van der Waals surface area contributed by atoms with Crippen molar-refractivity contribution in [1.29, 1.82) is 0 Å². The average molecular weight is 396 g/mol. The monoisotopic (exact) mass is 396 g/mol. The quantitative estimate of drug-likeness (QED) is 0.857. The highest BCUT2D eigenvalue weighted by atomic mass is 16.2. The number of fused-ring (bicyclic) bond motifs is 1. The van der Waals surface area contributed by atoms with Gasteiger partial charge < -0.3 is 4.90 Å². The van der Waals surface area contributed by atoms with Crippen LogP contribution >= 0.6 is 0 Å². The average Bonchev–Trinajstić information content (AvgIpc) is 3.24. The molecule has 29 heavy (non-hydrogen) atoms. The van der Waals surface area contributed by atoms with E-state index in [1.54, 1.807) is 12.3 Å². The minimum Gasteiger partial charge on any atom is -0.337 e. The number of aromatic nitrogens is 4. The smallest absolute Gasteiger partial charge is 0.271 e. The van der Waals surface area contributed by atoms with E-state index in [1.807, 2.05) is 16.7 Å². The van der Waals surface area contributed by atoms with Crippen molar-refractivity contribution < 1.29 is 9.59 Å². The number of amides is 2. The third-order valence-corrected chi connectivity index (χ3v) is 5.78. The Morgan fingerprint density at radius 1 is 1.24 bits per heavy atom. The van der Waals surface area contributed by atoms with E-state index in [9.17, 15) is 9.59 Å². The number of anilines is 1. The first kappa shape index (κ1) is 19.5. The van der Waals surface area contributed by atoms with E-state index in [1.165, 1.54) is 0 Å². The predicted molar refractivity (Wildman–Crippen MR) is 109 cm³/mol. The number of rotatable bonds is 4. The van der Waals surface area contributed by atoms with E-state index >= 15 is 0 Å². The molecule has 0 spiro atoms. The molecule has 8 heteroatoms. The van der Waals surface area contributed by atoms with Crippen LogP contribution in [0.5, 0.6) is 0 Å². The van der Waals surface area contributed by atoms with Crippen molar-refractivity contribution in [2.45, 2.75) is 52.4 Å². The first-order valence-electron chi connectivity index (χ1n) is 10.4. The number of piperidine rings is 1. The summed E-state index contributed by atoms with van der Waals surface area (Å²) in [6.07, 6.45) is 4.46. The van der Waals surface area contributed by atoms with E-state index in [-0.39, 0.29) is 17.7 Å². The van der Waals surface area contributed by atoms with Crippen LogP contribution in [0.4, 0.5) is 5.82 Å². The van der Waals surface area contributed by atoms with Crippen molar-refractivity contribution in [3.05, 3.63) is 35.0 Å². The molecule has 8 nitrogen and oxygen atoms in total. The fourth-order valence-corrected chi connectivity index (χ4v) is 4.23. The molecule has 4 rings (SSSR count). The van der Waals surface area contributed by atoms with Crippen LogP contribution in [0.3, 0.4) is 0 Å². The second-order valence-electron chi connectivity index (χ2n) is 8.40. The fourth-order valence-electron chi connectivity index (χ4n) is 4.23. The highest BCUT2D eigenvalue weighted by Gasteiger charge is 2.31. The van der Waals surface area contributed by atoms with E-state index < -0.39 is 0 Å². The fraction of sp³-hybridized carbons (Fsp3) is 0.571. The minimum atomic E-state index is -0.0165. The molecule has 0 saturated carbocycles. The number of H-pyrrole nitrogens is 1. The topological polar surface area (TPSA) is 95.1 Å². The second kappa shape index (κ2) is 7.93. The number of likely N-dealkylation sites (tertiary alicyclic amines) is 1. The Morgan fingerprint density at radius 3 is 2.66 bits per heavy atom. The van der Waals surface area contributed by atoms with Crippen LogP contribution in [0, 0.1) is 12.8 Å². The number of carbonyl (C=O) groups excluding carboxylic acids is 2. The summed E-state index contributed by atoms with van der Waals surface area (Å²) in [7, 11) is 0. The molecule has 1 saturated heterocycles.